The van der Waals surface area contributed by atoms with E-state index in [0.717, 1.165) is 5.57 Å². The van der Waals surface area contributed by atoms with Crippen LogP contribution in [-0.4, -0.2) is 41.1 Å². The number of carbonyl (C=O) groups is 5. The number of hydrogen-bond donors (Lipinski definition) is 1. The van der Waals surface area contributed by atoms with Crippen LogP contribution in [0.3, 0.4) is 0 Å². The molecule has 4 amide bonds. The number of hydrogen-bond acceptors (Lipinski definition) is 7. The molecule has 0 spiro atoms. The number of carbonyl (C=O) groups excluding carboxylic acids is 5. The van der Waals surface area contributed by atoms with Crippen LogP contribution in [0, 0.1) is 29.1 Å². The first kappa shape index (κ1) is 32.4. The molecule has 2 saturated heterocycles. The van der Waals surface area contributed by atoms with Gasteiger partial charge in [0.25, 0.3) is 0 Å². The van der Waals surface area contributed by atoms with E-state index in [0.29, 0.717) is 34.7 Å². The summed E-state index contributed by atoms with van der Waals surface area (Å²) in [7, 11) is 0. The lowest BCUT2D eigenvalue weighted by molar-refractivity contribution is -0.131. The summed E-state index contributed by atoms with van der Waals surface area (Å²) in [6.07, 6.45) is 2.40. The molecule has 6 atom stereocenters. The second-order valence-electron chi connectivity index (χ2n) is 13.9. The molecule has 51 heavy (non-hydrogen) atoms. The van der Waals surface area contributed by atoms with Crippen molar-refractivity contribution in [1.29, 1.82) is 0 Å². The minimum atomic E-state index is -1.29. The molecular formula is C42H36N2O7. The Hall–Kier alpha value is -5.83. The van der Waals surface area contributed by atoms with Crippen LogP contribution in [0.4, 0.5) is 11.4 Å². The molecule has 8 rings (SSSR count). The van der Waals surface area contributed by atoms with E-state index in [1.54, 1.807) is 97.9 Å². The summed E-state index contributed by atoms with van der Waals surface area (Å²) >= 11 is 0. The van der Waals surface area contributed by atoms with Gasteiger partial charge in [0.05, 0.1) is 41.2 Å². The summed E-state index contributed by atoms with van der Waals surface area (Å²) in [4.78, 5) is 73.0. The predicted molar refractivity (Wildman–Crippen MR) is 189 cm³/mol. The van der Waals surface area contributed by atoms with Crippen molar-refractivity contribution in [1.82, 2.24) is 0 Å². The maximum atomic E-state index is 14.6. The molecule has 3 fully saturated rings. The number of phenolic OH excluding ortho intramolecular Hbond substituents is 1. The summed E-state index contributed by atoms with van der Waals surface area (Å²) in [5, 5.41) is 11.6. The van der Waals surface area contributed by atoms with Gasteiger partial charge < -0.3 is 9.84 Å². The minimum Gasteiger partial charge on any atom is -0.504 e. The van der Waals surface area contributed by atoms with Crippen molar-refractivity contribution in [2.24, 2.45) is 29.1 Å². The number of ether oxygens (including phenoxy) is 1. The molecular weight excluding hydrogens is 644 g/mol. The number of para-hydroxylation sites is 2. The number of allylic oxidation sites excluding steroid dienone is 2. The Labute approximate surface area is 295 Å². The standard InChI is InChI=1S/C42H36N2O7/c1-3-51-33-16-10-15-30(37(33)46)35-28-21-22-29-34(31(28)23-32-39(48)44(41(50)42(32,35)2)26-13-8-5-9-14-26)40(49)43(38(29)47)27-19-17-25(18-20-27)36(45)24-11-6-4-7-12-24/h4-21,29,31-32,34-35,46H,3,22-23H2,1-2H3/t29-,31+,32-,34-,35+,42+/m0/s1. The summed E-state index contributed by atoms with van der Waals surface area (Å²) in [6.45, 7) is 3.90. The van der Waals surface area contributed by atoms with Gasteiger partial charge in [0.1, 0.15) is 0 Å². The third-order valence-corrected chi connectivity index (χ3v) is 11.4. The highest BCUT2D eigenvalue weighted by atomic mass is 16.5. The third-order valence-electron chi connectivity index (χ3n) is 11.4. The van der Waals surface area contributed by atoms with E-state index in [4.69, 9.17) is 4.74 Å². The number of benzene rings is 4. The number of fused-ring (bicyclic) bond motifs is 4. The van der Waals surface area contributed by atoms with Crippen molar-refractivity contribution in [3.8, 4) is 11.5 Å². The van der Waals surface area contributed by atoms with Crippen LogP contribution in [0.2, 0.25) is 0 Å². The average Bonchev–Trinajstić information content (AvgIpc) is 3.52. The van der Waals surface area contributed by atoms with E-state index in [9.17, 15) is 29.1 Å². The normalized spacial score (nSPS) is 26.8. The summed E-state index contributed by atoms with van der Waals surface area (Å²) < 4.78 is 5.74. The maximum Gasteiger partial charge on any atom is 0.241 e. The molecule has 9 heteroatoms. The van der Waals surface area contributed by atoms with Gasteiger partial charge in [0.2, 0.25) is 23.6 Å². The largest absolute Gasteiger partial charge is 0.504 e. The highest BCUT2D eigenvalue weighted by Crippen LogP contribution is 2.65. The summed E-state index contributed by atoms with van der Waals surface area (Å²) in [6, 6.07) is 29.3. The average molecular weight is 681 g/mol. The molecule has 1 saturated carbocycles. The van der Waals surface area contributed by atoms with E-state index in [1.807, 2.05) is 25.1 Å². The Morgan fingerprint density at radius 2 is 1.41 bits per heavy atom. The van der Waals surface area contributed by atoms with Gasteiger partial charge in [-0.05, 0) is 75.1 Å². The topological polar surface area (TPSA) is 121 Å². The molecule has 2 aliphatic heterocycles. The molecule has 0 radical (unpaired) electrons. The fraction of sp³-hybridized carbons (Fsp3) is 0.262. The Kier molecular flexibility index (Phi) is 7.74. The Bertz CT molecular complexity index is 2130. The van der Waals surface area contributed by atoms with Crippen molar-refractivity contribution in [3.63, 3.8) is 0 Å². The summed E-state index contributed by atoms with van der Waals surface area (Å²) in [5.41, 5.74) is 1.69. The van der Waals surface area contributed by atoms with Gasteiger partial charge in [0.15, 0.2) is 17.3 Å². The molecule has 4 aliphatic rings. The fourth-order valence-corrected chi connectivity index (χ4v) is 9.00. The lowest BCUT2D eigenvalue weighted by Crippen LogP contribution is -2.48. The zero-order chi connectivity index (χ0) is 35.6. The maximum absolute atomic E-state index is 14.6. The number of ketones is 1. The van der Waals surface area contributed by atoms with Gasteiger partial charge >= 0.3 is 0 Å². The molecule has 1 N–H and O–H groups in total. The first-order chi connectivity index (χ1) is 24.7. The van der Waals surface area contributed by atoms with Crippen LogP contribution in [0.1, 0.15) is 54.1 Å². The molecule has 256 valence electrons. The molecule has 2 aliphatic carbocycles. The van der Waals surface area contributed by atoms with Crippen LogP contribution in [0.25, 0.3) is 0 Å². The van der Waals surface area contributed by atoms with Crippen molar-refractivity contribution in [2.75, 3.05) is 16.4 Å². The Balaban J connectivity index is 1.19. The number of phenols is 1. The molecule has 2 heterocycles. The van der Waals surface area contributed by atoms with Crippen LogP contribution in [-0.2, 0) is 19.2 Å². The first-order valence-corrected chi connectivity index (χ1v) is 17.3. The van der Waals surface area contributed by atoms with Gasteiger partial charge in [0, 0.05) is 22.6 Å². The van der Waals surface area contributed by atoms with Crippen LogP contribution < -0.4 is 14.5 Å². The van der Waals surface area contributed by atoms with Gasteiger partial charge in [-0.15, -0.1) is 0 Å². The van der Waals surface area contributed by atoms with Crippen LogP contribution in [0.15, 0.2) is 115 Å². The van der Waals surface area contributed by atoms with E-state index in [-0.39, 0.29) is 53.8 Å². The van der Waals surface area contributed by atoms with Crippen molar-refractivity contribution >= 4 is 40.8 Å². The number of rotatable bonds is 7. The van der Waals surface area contributed by atoms with Gasteiger partial charge in [-0.25, -0.2) is 4.90 Å². The monoisotopic (exact) mass is 680 g/mol. The van der Waals surface area contributed by atoms with E-state index in [1.165, 1.54) is 9.80 Å². The predicted octanol–water partition coefficient (Wildman–Crippen LogP) is 6.46. The van der Waals surface area contributed by atoms with E-state index < -0.39 is 35.0 Å². The highest BCUT2D eigenvalue weighted by Gasteiger charge is 2.68. The SMILES string of the molecule is CCOc1cccc([C@H]2C3=CC[C@@H]4C(=O)N(c5ccc(C(=O)c6ccccc6)cc5)C(=O)[C@@H]4[C@@H]3C[C@H]3C(=O)N(c4ccccc4)C(=O)[C@@]23C)c1O. The third kappa shape index (κ3) is 4.78. The minimum absolute atomic E-state index is 0.119. The Morgan fingerprint density at radius 1 is 0.765 bits per heavy atom. The number of imide groups is 2. The molecule has 0 unspecified atom stereocenters. The van der Waals surface area contributed by atoms with Crippen LogP contribution >= 0.6 is 0 Å². The number of nitrogens with zero attached hydrogens (tertiary/aromatic N) is 2. The molecule has 9 nitrogen and oxygen atoms in total. The number of amides is 4. The van der Waals surface area contributed by atoms with Gasteiger partial charge in [-0.3, -0.25) is 28.9 Å². The van der Waals surface area contributed by atoms with Crippen molar-refractivity contribution < 1.29 is 33.8 Å². The van der Waals surface area contributed by atoms with Crippen molar-refractivity contribution in [3.05, 3.63) is 131 Å². The lowest BCUT2D eigenvalue weighted by Gasteiger charge is -2.49. The van der Waals surface area contributed by atoms with Gasteiger partial charge in [-0.2, -0.15) is 0 Å². The van der Waals surface area contributed by atoms with Gasteiger partial charge in [-0.1, -0.05) is 72.3 Å². The number of anilines is 2. The second kappa shape index (κ2) is 12.2. The smallest absolute Gasteiger partial charge is 0.241 e. The molecule has 0 aromatic heterocycles. The first-order valence-electron chi connectivity index (χ1n) is 17.3. The zero-order valence-corrected chi connectivity index (χ0v) is 28.2. The fourth-order valence-electron chi connectivity index (χ4n) is 9.00. The quantitative estimate of drug-likeness (QED) is 0.135. The Morgan fingerprint density at radius 3 is 2.10 bits per heavy atom. The van der Waals surface area contributed by atoms with E-state index >= 15 is 0 Å². The van der Waals surface area contributed by atoms with Crippen molar-refractivity contribution in [2.45, 2.75) is 32.6 Å². The van der Waals surface area contributed by atoms with Crippen LogP contribution in [0.5, 0.6) is 11.5 Å². The molecule has 4 aromatic carbocycles. The highest BCUT2D eigenvalue weighted by molar-refractivity contribution is 6.25. The summed E-state index contributed by atoms with van der Waals surface area (Å²) in [5.74, 6) is -5.08. The van der Waals surface area contributed by atoms with E-state index in [2.05, 4.69) is 0 Å². The molecule has 0 bridgehead atoms. The second-order valence-corrected chi connectivity index (χ2v) is 13.9. The number of aromatic hydroxyl groups is 1. The molecule has 4 aromatic rings. The lowest BCUT2D eigenvalue weighted by atomic mass is 9.51. The zero-order valence-electron chi connectivity index (χ0n) is 28.2.